The van der Waals surface area contributed by atoms with Crippen LogP contribution in [0.15, 0.2) is 34.7 Å². The molecule has 1 unspecified atom stereocenters. The van der Waals surface area contributed by atoms with Gasteiger partial charge in [0.1, 0.15) is 5.75 Å². The number of alkyl halides is 3. The van der Waals surface area contributed by atoms with E-state index in [1.54, 1.807) is 19.9 Å². The van der Waals surface area contributed by atoms with E-state index in [0.29, 0.717) is 0 Å². The zero-order chi connectivity index (χ0) is 18.0. The molecule has 0 amide bonds. The fourth-order valence-electron chi connectivity index (χ4n) is 1.36. The Hall–Kier alpha value is -2.10. The highest BCUT2D eigenvalue weighted by Crippen LogP contribution is 2.21. The summed E-state index contributed by atoms with van der Waals surface area (Å²) in [4.78, 5) is 10.4. The lowest BCUT2D eigenvalue weighted by molar-refractivity contribution is -0.274. The molecule has 0 aliphatic carbocycles. The van der Waals surface area contributed by atoms with E-state index in [1.165, 1.54) is 24.3 Å². The number of para-hydroxylation sites is 1. The van der Waals surface area contributed by atoms with Crippen molar-refractivity contribution in [1.82, 2.24) is 0 Å². The van der Waals surface area contributed by atoms with E-state index < -0.39 is 28.9 Å². The molecule has 0 aliphatic heterocycles. The number of nitrogens with zero attached hydrogens (tertiary/aromatic N) is 1. The number of carbonyl (C=O) groups is 1. The Morgan fingerprint density at radius 1 is 1.26 bits per heavy atom. The third kappa shape index (κ3) is 12.2. The SMILES string of the molecule is CC(C)CC(N=S(=O)=O)C(=O)O.FC(F)(F)Oc1ccccc1. The fourth-order valence-corrected chi connectivity index (χ4v) is 1.75. The minimum absolute atomic E-state index is 0.110. The first-order valence-electron chi connectivity index (χ1n) is 6.35. The summed E-state index contributed by atoms with van der Waals surface area (Å²) in [7, 11) is -2.64. The van der Waals surface area contributed by atoms with E-state index >= 15 is 0 Å². The van der Waals surface area contributed by atoms with Gasteiger partial charge in [-0.25, -0.2) is 4.79 Å². The van der Waals surface area contributed by atoms with Crippen LogP contribution < -0.4 is 4.74 Å². The van der Waals surface area contributed by atoms with Crippen molar-refractivity contribution in [1.29, 1.82) is 0 Å². The molecule has 0 saturated heterocycles. The summed E-state index contributed by atoms with van der Waals surface area (Å²) in [6.45, 7) is 3.61. The molecule has 1 aromatic carbocycles. The van der Waals surface area contributed by atoms with Crippen molar-refractivity contribution in [2.24, 2.45) is 10.3 Å². The van der Waals surface area contributed by atoms with E-state index in [0.717, 1.165) is 0 Å². The first-order valence-corrected chi connectivity index (χ1v) is 7.38. The molecule has 0 saturated carbocycles. The third-order valence-corrected chi connectivity index (χ3v) is 2.60. The van der Waals surface area contributed by atoms with Gasteiger partial charge in [0.15, 0.2) is 6.04 Å². The number of rotatable bonds is 5. The second kappa shape index (κ2) is 9.82. The van der Waals surface area contributed by atoms with E-state index in [9.17, 15) is 26.4 Å². The highest BCUT2D eigenvalue weighted by atomic mass is 32.2. The van der Waals surface area contributed by atoms with Gasteiger partial charge in [-0.3, -0.25) is 0 Å². The molecule has 1 N–H and O–H groups in total. The molecule has 0 fully saturated rings. The van der Waals surface area contributed by atoms with Gasteiger partial charge in [-0.1, -0.05) is 32.0 Å². The molecular weight excluding hydrogens is 339 g/mol. The Kier molecular flexibility index (Phi) is 8.93. The van der Waals surface area contributed by atoms with Crippen LogP contribution >= 0.6 is 0 Å². The molecule has 130 valence electrons. The van der Waals surface area contributed by atoms with Crippen molar-refractivity contribution >= 4 is 16.5 Å². The number of aliphatic carboxylic acids is 1. The molecule has 0 radical (unpaired) electrons. The lowest BCUT2D eigenvalue weighted by atomic mass is 10.1. The van der Waals surface area contributed by atoms with Crippen LogP contribution in [0.4, 0.5) is 13.2 Å². The molecule has 0 spiro atoms. The molecule has 6 nitrogen and oxygen atoms in total. The monoisotopic (exact) mass is 355 g/mol. The van der Waals surface area contributed by atoms with Gasteiger partial charge in [0.2, 0.25) is 0 Å². The Balaban J connectivity index is 0.000000422. The highest BCUT2D eigenvalue weighted by Gasteiger charge is 2.30. The number of carboxylic acids is 1. The summed E-state index contributed by atoms with van der Waals surface area (Å²) >= 11 is 0. The summed E-state index contributed by atoms with van der Waals surface area (Å²) in [5, 5.41) is 8.50. The van der Waals surface area contributed by atoms with Crippen LogP contribution in [-0.2, 0) is 15.3 Å². The van der Waals surface area contributed by atoms with Crippen molar-refractivity contribution in [3.05, 3.63) is 30.3 Å². The van der Waals surface area contributed by atoms with Crippen molar-refractivity contribution in [2.45, 2.75) is 32.7 Å². The average Bonchev–Trinajstić information content (AvgIpc) is 2.36. The number of benzene rings is 1. The molecule has 0 bridgehead atoms. The van der Waals surface area contributed by atoms with Gasteiger partial charge in [-0.15, -0.1) is 13.2 Å². The van der Waals surface area contributed by atoms with Gasteiger partial charge < -0.3 is 9.84 Å². The Labute approximate surface area is 132 Å². The molecule has 1 atom stereocenters. The summed E-state index contributed by atoms with van der Waals surface area (Å²) < 4.78 is 61.3. The molecular formula is C13H16F3NO5S. The van der Waals surface area contributed by atoms with Crippen LogP contribution in [0.2, 0.25) is 0 Å². The standard InChI is InChI=1S/C7H5F3O.C6H11NO4S/c8-7(9,10)11-6-4-2-1-3-5-6;1-4(2)3-5(6(8)9)7-12(10)11/h1-5H;4-5H,3H2,1-2H3,(H,8,9). The molecule has 23 heavy (non-hydrogen) atoms. The molecule has 0 aliphatic rings. The predicted octanol–water partition coefficient (Wildman–Crippen LogP) is 3.13. The van der Waals surface area contributed by atoms with Crippen LogP contribution in [0.1, 0.15) is 20.3 Å². The van der Waals surface area contributed by atoms with Crippen molar-refractivity contribution in [3.8, 4) is 5.75 Å². The van der Waals surface area contributed by atoms with Crippen molar-refractivity contribution in [3.63, 3.8) is 0 Å². The van der Waals surface area contributed by atoms with Gasteiger partial charge in [-0.05, 0) is 24.5 Å². The number of carboxylic acid groups (broad SMARTS) is 1. The number of halogens is 3. The van der Waals surface area contributed by atoms with Gasteiger partial charge in [-0.2, -0.15) is 12.8 Å². The summed E-state index contributed by atoms with van der Waals surface area (Å²) in [6, 6.07) is 5.91. The number of hydrogen-bond acceptors (Lipinski definition) is 5. The first-order chi connectivity index (χ1) is 10.5. The minimum Gasteiger partial charge on any atom is -0.480 e. The minimum atomic E-state index is -4.60. The first kappa shape index (κ1) is 20.9. The lowest BCUT2D eigenvalue weighted by Crippen LogP contribution is -2.19. The van der Waals surface area contributed by atoms with Crippen molar-refractivity contribution in [2.75, 3.05) is 0 Å². The molecule has 1 rings (SSSR count). The topological polar surface area (TPSA) is 93.0 Å². The normalized spacial score (nSPS) is 11.9. The zero-order valence-electron chi connectivity index (χ0n) is 12.3. The lowest BCUT2D eigenvalue weighted by Gasteiger charge is -2.07. The fraction of sp³-hybridized carbons (Fsp3) is 0.462. The van der Waals surface area contributed by atoms with Gasteiger partial charge in [0.25, 0.3) is 0 Å². The number of ether oxygens (including phenoxy) is 1. The van der Waals surface area contributed by atoms with Gasteiger partial charge in [0.05, 0.1) is 0 Å². The van der Waals surface area contributed by atoms with E-state index in [4.69, 9.17) is 5.11 Å². The smallest absolute Gasteiger partial charge is 0.480 e. The maximum atomic E-state index is 11.5. The Morgan fingerprint density at radius 2 is 1.78 bits per heavy atom. The zero-order valence-corrected chi connectivity index (χ0v) is 13.1. The molecule has 1 aromatic rings. The second-order valence-corrected chi connectivity index (χ2v) is 5.31. The average molecular weight is 355 g/mol. The van der Waals surface area contributed by atoms with Gasteiger partial charge in [0, 0.05) is 0 Å². The van der Waals surface area contributed by atoms with E-state index in [1.807, 2.05) is 0 Å². The highest BCUT2D eigenvalue weighted by molar-refractivity contribution is 7.61. The maximum Gasteiger partial charge on any atom is 0.573 e. The van der Waals surface area contributed by atoms with Crippen LogP contribution in [0.5, 0.6) is 5.75 Å². The van der Waals surface area contributed by atoms with Crippen LogP contribution in [0, 0.1) is 5.92 Å². The van der Waals surface area contributed by atoms with Crippen LogP contribution in [0.3, 0.4) is 0 Å². The molecule has 0 heterocycles. The van der Waals surface area contributed by atoms with E-state index in [2.05, 4.69) is 9.10 Å². The predicted molar refractivity (Wildman–Crippen MR) is 75.4 cm³/mol. The molecule has 10 heteroatoms. The van der Waals surface area contributed by atoms with Crippen LogP contribution in [-0.4, -0.2) is 31.9 Å². The summed E-state index contributed by atoms with van der Waals surface area (Å²) in [5.41, 5.74) is 0. The number of hydrogen-bond donors (Lipinski definition) is 1. The largest absolute Gasteiger partial charge is 0.573 e. The Bertz CT molecular complexity index is 606. The van der Waals surface area contributed by atoms with Crippen molar-refractivity contribution < 1.29 is 36.2 Å². The third-order valence-electron chi connectivity index (χ3n) is 2.17. The van der Waals surface area contributed by atoms with Crippen LogP contribution in [0.25, 0.3) is 0 Å². The Morgan fingerprint density at radius 3 is 2.13 bits per heavy atom. The van der Waals surface area contributed by atoms with E-state index in [-0.39, 0.29) is 18.1 Å². The molecule has 0 aromatic heterocycles. The second-order valence-electron chi connectivity index (χ2n) is 4.67. The summed E-state index contributed by atoms with van der Waals surface area (Å²) in [5.74, 6) is -1.29. The summed E-state index contributed by atoms with van der Waals surface area (Å²) in [6.07, 6.45) is -4.36. The van der Waals surface area contributed by atoms with Gasteiger partial charge >= 0.3 is 22.8 Å². The maximum absolute atomic E-state index is 11.5. The quantitative estimate of drug-likeness (QED) is 0.876.